The molecule has 1 heterocycles. The van der Waals surface area contributed by atoms with Crippen LogP contribution in [0.5, 0.6) is 0 Å². The van der Waals surface area contributed by atoms with Crippen molar-refractivity contribution in [2.24, 2.45) is 16.9 Å². The Hall–Kier alpha value is -2.62. The average molecular weight is 379 g/mol. The highest BCUT2D eigenvalue weighted by Gasteiger charge is 2.24. The Bertz CT molecular complexity index is 728. The number of hydrogen-bond donors (Lipinski definition) is 5. The normalized spacial score (nSPS) is 12.2. The van der Waals surface area contributed by atoms with Crippen LogP contribution < -0.4 is 22.1 Å². The molecule has 7 N–H and O–H groups in total. The van der Waals surface area contributed by atoms with Gasteiger partial charge in [-0.05, 0) is 18.8 Å². The summed E-state index contributed by atoms with van der Waals surface area (Å²) in [5, 5.41) is 13.2. The zero-order chi connectivity index (χ0) is 20.1. The molecule has 0 saturated carbocycles. The van der Waals surface area contributed by atoms with Crippen molar-refractivity contribution in [1.29, 1.82) is 5.41 Å². The van der Waals surface area contributed by atoms with E-state index in [-0.39, 0.29) is 29.2 Å². The van der Waals surface area contributed by atoms with E-state index in [4.69, 9.17) is 29.1 Å². The van der Waals surface area contributed by atoms with Crippen molar-refractivity contribution in [1.82, 2.24) is 9.97 Å². The van der Waals surface area contributed by atoms with Crippen molar-refractivity contribution in [3.8, 4) is 0 Å². The summed E-state index contributed by atoms with van der Waals surface area (Å²) in [6, 6.07) is -0.660. The molecule has 1 aromatic heterocycles. The molecular weight excluding hydrogens is 354 g/mol. The van der Waals surface area contributed by atoms with Crippen LogP contribution in [0.25, 0.3) is 0 Å². The van der Waals surface area contributed by atoms with E-state index in [0.717, 1.165) is 0 Å². The number of carbonyl (C=O) groups is 2. The van der Waals surface area contributed by atoms with E-state index in [9.17, 15) is 9.59 Å². The van der Waals surface area contributed by atoms with Crippen LogP contribution in [0, 0.1) is 10.8 Å². The van der Waals surface area contributed by atoms with Crippen LogP contribution in [0.2, 0.25) is 0 Å². The van der Waals surface area contributed by atoms with Crippen molar-refractivity contribution in [3.05, 3.63) is 11.9 Å². The molecule has 1 rings (SSSR count). The van der Waals surface area contributed by atoms with E-state index in [1.54, 1.807) is 6.92 Å². The molecule has 0 aromatic carbocycles. The van der Waals surface area contributed by atoms with Crippen molar-refractivity contribution in [3.63, 3.8) is 0 Å². The highest BCUT2D eigenvalue weighted by atomic mass is 32.1. The van der Waals surface area contributed by atoms with E-state index >= 15 is 0 Å². The molecular formula is C16H25N7O2S. The lowest BCUT2D eigenvalue weighted by molar-refractivity contribution is -0.119. The third-order valence-electron chi connectivity index (χ3n) is 3.17. The van der Waals surface area contributed by atoms with E-state index in [1.165, 1.54) is 6.20 Å². The highest BCUT2D eigenvalue weighted by molar-refractivity contribution is 7.80. The van der Waals surface area contributed by atoms with E-state index in [1.807, 2.05) is 20.8 Å². The minimum Gasteiger partial charge on any atom is -0.368 e. The number of nitrogens with one attached hydrogen (secondary N) is 3. The smallest absolute Gasteiger partial charge is 0.271 e. The van der Waals surface area contributed by atoms with Crippen LogP contribution in [-0.4, -0.2) is 38.5 Å². The van der Waals surface area contributed by atoms with Gasteiger partial charge in [-0.15, -0.1) is 0 Å². The fourth-order valence-electron chi connectivity index (χ4n) is 2.16. The van der Waals surface area contributed by atoms with Gasteiger partial charge in [-0.3, -0.25) is 9.59 Å². The molecule has 0 aliphatic heterocycles. The van der Waals surface area contributed by atoms with Crippen molar-refractivity contribution in [2.45, 2.75) is 46.6 Å². The number of thiocarbonyl (C=S) groups is 1. The zero-order valence-corrected chi connectivity index (χ0v) is 16.2. The molecule has 10 heteroatoms. The van der Waals surface area contributed by atoms with Gasteiger partial charge in [-0.25, -0.2) is 9.97 Å². The largest absolute Gasteiger partial charge is 0.368 e. The Balaban J connectivity index is 3.11. The van der Waals surface area contributed by atoms with Crippen molar-refractivity contribution < 1.29 is 9.59 Å². The first-order valence-corrected chi connectivity index (χ1v) is 8.36. The van der Waals surface area contributed by atoms with Gasteiger partial charge in [0.25, 0.3) is 5.91 Å². The zero-order valence-electron chi connectivity index (χ0n) is 15.3. The molecule has 0 aliphatic carbocycles. The first-order valence-electron chi connectivity index (χ1n) is 7.95. The minimum absolute atomic E-state index is 0.0627. The van der Waals surface area contributed by atoms with Crippen molar-refractivity contribution in [2.75, 3.05) is 10.6 Å². The predicted octanol–water partition coefficient (Wildman–Crippen LogP) is 1.45. The first kappa shape index (κ1) is 21.4. The van der Waals surface area contributed by atoms with Gasteiger partial charge in [0, 0.05) is 12.1 Å². The SMILES string of the molecule is CC(=N)CC(=S)Nc1nc(NC(CC(C)(C)C)C(N)=O)cnc1C(N)=O. The topological polar surface area (TPSA) is 160 Å². The molecule has 0 aliphatic rings. The van der Waals surface area contributed by atoms with Crippen LogP contribution in [0.3, 0.4) is 0 Å². The number of rotatable bonds is 8. The molecule has 0 saturated heterocycles. The summed E-state index contributed by atoms with van der Waals surface area (Å²) in [5.41, 5.74) is 10.9. The Morgan fingerprint density at radius 3 is 2.42 bits per heavy atom. The van der Waals surface area contributed by atoms with Gasteiger partial charge < -0.3 is 27.5 Å². The maximum Gasteiger partial charge on any atom is 0.271 e. The second kappa shape index (κ2) is 8.65. The minimum atomic E-state index is -0.776. The van der Waals surface area contributed by atoms with Crippen LogP contribution in [-0.2, 0) is 4.79 Å². The quantitative estimate of drug-likeness (QED) is 0.337. The molecule has 0 radical (unpaired) electrons. The number of nitrogens with zero attached hydrogens (tertiary/aromatic N) is 2. The number of primary amides is 2. The maximum absolute atomic E-state index is 11.7. The van der Waals surface area contributed by atoms with E-state index in [0.29, 0.717) is 17.1 Å². The molecule has 142 valence electrons. The van der Waals surface area contributed by atoms with Crippen molar-refractivity contribution >= 4 is 46.4 Å². The second-order valence-corrected chi connectivity index (χ2v) is 7.68. The summed E-state index contributed by atoms with van der Waals surface area (Å²) in [6.07, 6.45) is 1.99. The summed E-state index contributed by atoms with van der Waals surface area (Å²) in [5.74, 6) is -0.986. The Kier molecular flexibility index (Phi) is 7.13. The van der Waals surface area contributed by atoms with E-state index in [2.05, 4.69) is 20.6 Å². The predicted molar refractivity (Wildman–Crippen MR) is 105 cm³/mol. The molecule has 0 fully saturated rings. The second-order valence-electron chi connectivity index (χ2n) is 7.19. The lowest BCUT2D eigenvalue weighted by atomic mass is 9.88. The van der Waals surface area contributed by atoms with Gasteiger partial charge in [0.15, 0.2) is 11.5 Å². The Morgan fingerprint density at radius 2 is 1.96 bits per heavy atom. The number of aromatic nitrogens is 2. The standard InChI is InChI=1S/C16H25N7O2S/c1-8(17)5-11(26)23-15-12(14(19)25)20-7-10(22-15)21-9(13(18)24)6-16(2,3)4/h7,9,17H,5-6H2,1-4H3,(H2,18,24)(H2,19,25)(H2,21,22,23,26). The molecule has 1 aromatic rings. The van der Waals surface area contributed by atoms with Gasteiger partial charge in [0.1, 0.15) is 11.9 Å². The lowest BCUT2D eigenvalue weighted by Gasteiger charge is -2.25. The molecule has 0 spiro atoms. The average Bonchev–Trinajstić information content (AvgIpc) is 2.43. The molecule has 9 nitrogen and oxygen atoms in total. The van der Waals surface area contributed by atoms with Gasteiger partial charge in [0.2, 0.25) is 5.91 Å². The first-order chi connectivity index (χ1) is 11.9. The molecule has 2 amide bonds. The number of anilines is 2. The number of amides is 2. The fraction of sp³-hybridized carbons (Fsp3) is 0.500. The summed E-state index contributed by atoms with van der Waals surface area (Å²) in [6.45, 7) is 7.56. The van der Waals surface area contributed by atoms with Crippen LogP contribution in [0.4, 0.5) is 11.6 Å². The monoisotopic (exact) mass is 379 g/mol. The maximum atomic E-state index is 11.7. The molecule has 1 atom stereocenters. The molecule has 26 heavy (non-hydrogen) atoms. The third-order valence-corrected chi connectivity index (χ3v) is 3.42. The summed E-state index contributed by atoms with van der Waals surface area (Å²) < 4.78 is 0. The van der Waals surface area contributed by atoms with Crippen LogP contribution in [0.15, 0.2) is 6.20 Å². The Morgan fingerprint density at radius 1 is 1.35 bits per heavy atom. The summed E-state index contributed by atoms with van der Waals surface area (Å²) >= 11 is 5.14. The number of nitrogens with two attached hydrogens (primary N) is 2. The van der Waals surface area contributed by atoms with E-state index < -0.39 is 17.9 Å². The van der Waals surface area contributed by atoms with Gasteiger partial charge in [0.05, 0.1) is 11.2 Å². The molecule has 1 unspecified atom stereocenters. The summed E-state index contributed by atoms with van der Waals surface area (Å²) in [7, 11) is 0. The number of hydrogen-bond acceptors (Lipinski definition) is 7. The van der Waals surface area contributed by atoms with Gasteiger partial charge in [-0.1, -0.05) is 33.0 Å². The van der Waals surface area contributed by atoms with Gasteiger partial charge in [-0.2, -0.15) is 0 Å². The molecule has 0 bridgehead atoms. The fourth-order valence-corrected chi connectivity index (χ4v) is 2.47. The Labute approximate surface area is 157 Å². The third kappa shape index (κ3) is 7.09. The summed E-state index contributed by atoms with van der Waals surface area (Å²) in [4.78, 5) is 31.8. The van der Waals surface area contributed by atoms with Gasteiger partial charge >= 0.3 is 0 Å². The lowest BCUT2D eigenvalue weighted by Crippen LogP contribution is -2.38. The van der Waals surface area contributed by atoms with Crippen LogP contribution >= 0.6 is 12.2 Å². The highest BCUT2D eigenvalue weighted by Crippen LogP contribution is 2.23. The number of carbonyl (C=O) groups excluding carboxylic acids is 2. The van der Waals surface area contributed by atoms with Crippen LogP contribution in [0.1, 0.15) is 51.0 Å².